The number of benzene rings is 13. The van der Waals surface area contributed by atoms with Gasteiger partial charge in [0.15, 0.2) is 17.5 Å². The first-order valence-corrected chi connectivity index (χ1v) is 43.6. The summed E-state index contributed by atoms with van der Waals surface area (Å²) >= 11 is 1.86. The fourth-order valence-electron chi connectivity index (χ4n) is 19.7. The second-order valence-electron chi connectivity index (χ2n) is 34.3. The van der Waals surface area contributed by atoms with Gasteiger partial charge in [-0.3, -0.25) is 15.0 Å². The Morgan fingerprint density at radius 2 is 0.683 bits per heavy atom. The lowest BCUT2D eigenvalue weighted by Crippen LogP contribution is -2.17. The second kappa shape index (κ2) is 29.9. The van der Waals surface area contributed by atoms with Gasteiger partial charge in [-0.15, -0.1) is 11.3 Å². The molecule has 3 aliphatic rings. The Bertz CT molecular complexity index is 7740. The molecule has 11 nitrogen and oxygen atoms in total. The van der Waals surface area contributed by atoms with E-state index in [1.807, 2.05) is 96.8 Å². The average Bonchev–Trinajstić information content (AvgIpc) is 1.56. The van der Waals surface area contributed by atoms with Crippen molar-refractivity contribution in [3.63, 3.8) is 0 Å². The molecule has 22 aromatic rings. The molecule has 0 N–H and O–H groups in total. The van der Waals surface area contributed by atoms with Gasteiger partial charge in [0.1, 0.15) is 11.2 Å². The first-order chi connectivity index (χ1) is 61.8. The highest BCUT2D eigenvalue weighted by Crippen LogP contribution is 2.56. The zero-order chi connectivity index (χ0) is 84.5. The van der Waals surface area contributed by atoms with Crippen LogP contribution in [-0.4, -0.2) is 49.4 Å². The maximum Gasteiger partial charge on any atom is 0.160 e. The minimum atomic E-state index is -0.246. The molecule has 25 rings (SSSR count). The summed E-state index contributed by atoms with van der Waals surface area (Å²) in [7, 11) is 0. The number of furan rings is 1. The number of fused-ring (bicyclic) bond motifs is 18. The van der Waals surface area contributed by atoms with Crippen molar-refractivity contribution in [1.82, 2.24) is 49.4 Å². The van der Waals surface area contributed by atoms with Gasteiger partial charge in [0.2, 0.25) is 0 Å². The van der Waals surface area contributed by atoms with Crippen LogP contribution in [-0.2, 0) is 16.2 Å². The molecule has 0 radical (unpaired) electrons. The van der Waals surface area contributed by atoms with Crippen molar-refractivity contribution in [2.24, 2.45) is 0 Å². The highest BCUT2D eigenvalue weighted by molar-refractivity contribution is 7.26. The summed E-state index contributed by atoms with van der Waals surface area (Å²) in [6.07, 6.45) is 7.38. The molecule has 9 aromatic heterocycles. The molecule has 0 unspecified atom stereocenters. The Morgan fingerprint density at radius 1 is 0.278 bits per heavy atom. The number of aromatic nitrogens is 10. The van der Waals surface area contributed by atoms with Gasteiger partial charge in [0.25, 0.3) is 0 Å². The number of hydrogen-bond acceptors (Lipinski definition) is 11. The molecule has 9 heterocycles. The van der Waals surface area contributed by atoms with E-state index >= 15 is 0 Å². The van der Waals surface area contributed by atoms with Crippen molar-refractivity contribution in [2.75, 3.05) is 0 Å². The third-order valence-electron chi connectivity index (χ3n) is 25.8. The lowest BCUT2D eigenvalue weighted by atomic mass is 9.80. The Kier molecular flexibility index (Phi) is 17.9. The maximum atomic E-state index is 6.29. The van der Waals surface area contributed by atoms with E-state index in [1.165, 1.54) is 86.5 Å². The Balaban J connectivity index is 0.000000109. The fraction of sp³-hybridized carbons (Fsp3) is 0.0789. The van der Waals surface area contributed by atoms with Crippen LogP contribution in [0.2, 0.25) is 0 Å². The van der Waals surface area contributed by atoms with Crippen LogP contribution in [0.15, 0.2) is 381 Å². The number of pyridine rings is 3. The first-order valence-electron chi connectivity index (χ1n) is 42.8. The van der Waals surface area contributed by atoms with Gasteiger partial charge in [-0.25, -0.2) is 29.9 Å². The van der Waals surface area contributed by atoms with E-state index in [1.54, 1.807) is 0 Å². The number of thiophene rings is 1. The molecular weight excluding hydrogens is 1560 g/mol. The first kappa shape index (κ1) is 75.3. The molecule has 0 saturated heterocycles. The summed E-state index contributed by atoms with van der Waals surface area (Å²) in [5.41, 5.74) is 33.7. The summed E-state index contributed by atoms with van der Waals surface area (Å²) in [5.74, 6) is 2.14. The van der Waals surface area contributed by atoms with Crippen molar-refractivity contribution in [3.05, 3.63) is 410 Å². The van der Waals surface area contributed by atoms with Gasteiger partial charge in [-0.05, 0) is 124 Å². The molecule has 0 atom stereocenters. The van der Waals surface area contributed by atoms with Crippen LogP contribution in [0.25, 0.3) is 205 Å². The van der Waals surface area contributed by atoms with Crippen molar-refractivity contribution in [3.8, 4) is 141 Å². The lowest BCUT2D eigenvalue weighted by Gasteiger charge is -2.24. The van der Waals surface area contributed by atoms with Gasteiger partial charge in [-0.1, -0.05) is 308 Å². The minimum Gasteiger partial charge on any atom is -0.455 e. The van der Waals surface area contributed by atoms with Crippen molar-refractivity contribution in [1.29, 1.82) is 0 Å². The summed E-state index contributed by atoms with van der Waals surface area (Å²) in [4.78, 5) is 45.1. The predicted octanol–water partition coefficient (Wildman–Crippen LogP) is 28.9. The van der Waals surface area contributed by atoms with E-state index in [-0.39, 0.29) is 16.2 Å². The Morgan fingerprint density at radius 3 is 1.22 bits per heavy atom. The molecule has 0 bridgehead atoms. The van der Waals surface area contributed by atoms with Crippen LogP contribution in [0.1, 0.15) is 74.9 Å². The van der Waals surface area contributed by atoms with Crippen LogP contribution in [0.4, 0.5) is 0 Å². The molecule has 3 aliphatic carbocycles. The quantitative estimate of drug-likeness (QED) is 0.130. The van der Waals surface area contributed by atoms with Gasteiger partial charge >= 0.3 is 0 Å². The van der Waals surface area contributed by atoms with Crippen LogP contribution in [0, 0.1) is 0 Å². The molecule has 0 aliphatic heterocycles. The van der Waals surface area contributed by atoms with Gasteiger partial charge < -0.3 is 8.98 Å². The molecule has 13 aromatic carbocycles. The molecule has 0 amide bonds. The Hall–Kier alpha value is -15.6. The van der Waals surface area contributed by atoms with Crippen molar-refractivity contribution < 1.29 is 4.42 Å². The number of rotatable bonds is 10. The number of para-hydroxylation sites is 4. The van der Waals surface area contributed by atoms with Crippen LogP contribution >= 0.6 is 11.3 Å². The summed E-state index contributed by atoms with van der Waals surface area (Å²) in [5, 5.41) is 7.39. The lowest BCUT2D eigenvalue weighted by molar-refractivity contribution is 0.657. The Labute approximate surface area is 732 Å². The molecule has 12 heteroatoms. The van der Waals surface area contributed by atoms with Gasteiger partial charge in [-0.2, -0.15) is 0 Å². The molecule has 598 valence electrons. The highest BCUT2D eigenvalue weighted by atomic mass is 32.1. The summed E-state index contributed by atoms with van der Waals surface area (Å²) in [6, 6.07) is 123. The SMILES string of the molecule is CC1(C)c2ccccc2-c2nc(-c3ccc(-c4cccc5c4oc4ccccc45)cc3)nc(-c3ccccn3)c21.CC1(C)c2ccccc2-c2nc(-c3ccc(-c4cccc5c4sc4ccccc45)cc3)nc(-c3ccccn3)c21.CC1(C)c2ccccc2-c2nc(-c3ccc(-n4c5ccccc5c5ccccc54)cc3)nc(-c3cccc(-c4cccnc4)c3)c21. The van der Waals surface area contributed by atoms with Crippen LogP contribution in [0.5, 0.6) is 0 Å². The zero-order valence-electron chi connectivity index (χ0n) is 70.1. The van der Waals surface area contributed by atoms with E-state index in [2.05, 4.69) is 347 Å². The van der Waals surface area contributed by atoms with Crippen molar-refractivity contribution in [2.45, 2.75) is 57.8 Å². The van der Waals surface area contributed by atoms with Crippen molar-refractivity contribution >= 4 is 75.3 Å². The summed E-state index contributed by atoms with van der Waals surface area (Å²) in [6.45, 7) is 13.6. The molecule has 0 saturated carbocycles. The monoisotopic (exact) mass is 1640 g/mol. The van der Waals surface area contributed by atoms with Gasteiger partial charge in [0, 0.05) is 155 Å². The standard InChI is InChI=1S/C42H30N4.C36H25N3O.C36H25N3S/c1-42(2)35-17-6-3-16-34(35)40-38(42)39(29-12-9-11-28(25-29)30-13-10-24-43-26-30)44-41(45-40)27-20-22-31(23-21-27)46-36-18-7-4-14-32(36)33-15-5-8-19-37(33)46;2*1-36(2)28-14-5-3-11-27(28)32-31(36)33(29-15-7-8-21-37-29)39-35(38-32)23-19-17-22(18-20-23)24-12-9-13-26-25-10-4-6-16-30(25)40-34(24)26/h3-26H,1-2H3;2*3-21H,1-2H3. The molecule has 0 fully saturated rings. The maximum absolute atomic E-state index is 6.29. The van der Waals surface area contributed by atoms with Gasteiger partial charge in [0.05, 0.1) is 56.6 Å². The highest BCUT2D eigenvalue weighted by Gasteiger charge is 2.43. The largest absolute Gasteiger partial charge is 0.455 e. The fourth-order valence-corrected chi connectivity index (χ4v) is 20.9. The predicted molar refractivity (Wildman–Crippen MR) is 516 cm³/mol. The van der Waals surface area contributed by atoms with Crippen LogP contribution < -0.4 is 0 Å². The minimum absolute atomic E-state index is 0.218. The zero-order valence-corrected chi connectivity index (χ0v) is 70.9. The van der Waals surface area contributed by atoms with E-state index in [0.29, 0.717) is 5.82 Å². The second-order valence-corrected chi connectivity index (χ2v) is 35.3. The summed E-state index contributed by atoms with van der Waals surface area (Å²) < 4.78 is 11.3. The van der Waals surface area contributed by atoms with E-state index < -0.39 is 0 Å². The smallest absolute Gasteiger partial charge is 0.160 e. The number of nitrogens with zero attached hydrogens (tertiary/aromatic N) is 10. The molecule has 0 spiro atoms. The molecular formula is C114H80N10OS. The third-order valence-corrected chi connectivity index (χ3v) is 27.0. The topological polar surface area (TPSA) is 134 Å². The number of hydrogen-bond donors (Lipinski definition) is 0. The van der Waals surface area contributed by atoms with E-state index in [4.69, 9.17) is 39.3 Å². The van der Waals surface area contributed by atoms with E-state index in [0.717, 1.165) is 146 Å². The van der Waals surface area contributed by atoms with E-state index in [9.17, 15) is 0 Å². The molecule has 126 heavy (non-hydrogen) atoms. The normalized spacial score (nSPS) is 13.3. The van der Waals surface area contributed by atoms with Crippen LogP contribution in [0.3, 0.4) is 0 Å². The average molecular weight is 1640 g/mol. The third kappa shape index (κ3) is 12.4.